The number of unbranched alkanes of at least 4 members (excludes halogenated alkanes) is 18. The molecule has 454 valence electrons. The quantitative estimate of drug-likeness (QED) is 0.0261. The smallest absolute Gasteiger partial charge is 0.306 e. The normalized spacial score (nSPS) is 13.3. The monoisotopic (exact) mass is 1110 g/mol. The van der Waals surface area contributed by atoms with Crippen LogP contribution in [0.15, 0.2) is 170 Å². The maximum absolute atomic E-state index is 12.9. The zero-order chi connectivity index (χ0) is 58.5. The highest BCUT2D eigenvalue weighted by Gasteiger charge is 2.19. The van der Waals surface area contributed by atoms with Crippen LogP contribution in [0.3, 0.4) is 0 Å². The Labute approximate surface area is 498 Å². The van der Waals surface area contributed by atoms with Crippen molar-refractivity contribution in [3.05, 3.63) is 170 Å². The fraction of sp³-hybridized carbons (Fsp3) is 0.587. The number of allylic oxidation sites excluding steroid dienone is 28. The third-order valence-corrected chi connectivity index (χ3v) is 13.2. The predicted molar refractivity (Wildman–Crippen MR) is 352 cm³/mol. The molecule has 6 heteroatoms. The van der Waals surface area contributed by atoms with E-state index in [0.29, 0.717) is 19.3 Å². The minimum absolute atomic E-state index is 0.114. The highest BCUT2D eigenvalue weighted by atomic mass is 16.6. The average Bonchev–Trinajstić information content (AvgIpc) is 3.46. The van der Waals surface area contributed by atoms with Gasteiger partial charge in [0.05, 0.1) is 0 Å². The lowest BCUT2D eigenvalue weighted by Crippen LogP contribution is -2.30. The molecule has 0 N–H and O–H groups in total. The van der Waals surface area contributed by atoms with Gasteiger partial charge in [-0.05, 0) is 148 Å². The van der Waals surface area contributed by atoms with Crippen molar-refractivity contribution in [1.29, 1.82) is 0 Å². The lowest BCUT2D eigenvalue weighted by atomic mass is 10.1. The van der Waals surface area contributed by atoms with Crippen LogP contribution in [0.5, 0.6) is 0 Å². The Morgan fingerprint density at radius 2 is 0.494 bits per heavy atom. The zero-order valence-electron chi connectivity index (χ0n) is 52.0. The van der Waals surface area contributed by atoms with Gasteiger partial charge in [0.2, 0.25) is 0 Å². The minimum atomic E-state index is -0.823. The van der Waals surface area contributed by atoms with Crippen LogP contribution in [0, 0.1) is 0 Å². The van der Waals surface area contributed by atoms with Crippen LogP contribution in [0.1, 0.15) is 265 Å². The van der Waals surface area contributed by atoms with Gasteiger partial charge >= 0.3 is 17.9 Å². The van der Waals surface area contributed by atoms with Crippen molar-refractivity contribution in [2.45, 2.75) is 271 Å². The molecule has 0 spiro atoms. The van der Waals surface area contributed by atoms with Crippen molar-refractivity contribution in [1.82, 2.24) is 0 Å². The number of ether oxygens (including phenoxy) is 3. The van der Waals surface area contributed by atoms with Gasteiger partial charge in [0, 0.05) is 19.3 Å². The number of hydrogen-bond acceptors (Lipinski definition) is 6. The molecule has 81 heavy (non-hydrogen) atoms. The first-order valence-electron chi connectivity index (χ1n) is 32.6. The highest BCUT2D eigenvalue weighted by Crippen LogP contribution is 2.14. The van der Waals surface area contributed by atoms with E-state index in [2.05, 4.69) is 191 Å². The lowest BCUT2D eigenvalue weighted by molar-refractivity contribution is -0.167. The molecule has 0 saturated heterocycles. The summed E-state index contributed by atoms with van der Waals surface area (Å²) in [5, 5.41) is 0. The van der Waals surface area contributed by atoms with Crippen LogP contribution >= 0.6 is 0 Å². The van der Waals surface area contributed by atoms with Crippen LogP contribution in [0.4, 0.5) is 0 Å². The molecule has 0 aliphatic heterocycles. The molecule has 0 aliphatic carbocycles. The molecule has 0 fully saturated rings. The van der Waals surface area contributed by atoms with Gasteiger partial charge in [-0.15, -0.1) is 0 Å². The van der Waals surface area contributed by atoms with Crippen molar-refractivity contribution >= 4 is 17.9 Å². The van der Waals surface area contributed by atoms with Gasteiger partial charge in [-0.1, -0.05) is 268 Å². The van der Waals surface area contributed by atoms with Gasteiger partial charge in [0.15, 0.2) is 6.10 Å². The Bertz CT molecular complexity index is 1860. The first kappa shape index (κ1) is 75.8. The Kier molecular flexibility index (Phi) is 62.9. The second-order valence-electron chi connectivity index (χ2n) is 20.9. The highest BCUT2D eigenvalue weighted by molar-refractivity contribution is 5.71. The maximum atomic E-state index is 12.9. The third kappa shape index (κ3) is 65.5. The fourth-order valence-electron chi connectivity index (χ4n) is 8.37. The number of carbonyl (C=O) groups excluding carboxylic acids is 3. The molecule has 0 saturated carbocycles. The second-order valence-corrected chi connectivity index (χ2v) is 20.9. The van der Waals surface area contributed by atoms with Gasteiger partial charge < -0.3 is 14.2 Å². The van der Waals surface area contributed by atoms with E-state index >= 15 is 0 Å². The van der Waals surface area contributed by atoms with E-state index in [-0.39, 0.29) is 37.5 Å². The molecule has 0 aromatic carbocycles. The van der Waals surface area contributed by atoms with Crippen molar-refractivity contribution in [2.24, 2.45) is 0 Å². The second kappa shape index (κ2) is 67.3. The summed E-state index contributed by atoms with van der Waals surface area (Å²) in [6.45, 7) is 6.33. The number of hydrogen-bond donors (Lipinski definition) is 0. The summed E-state index contributed by atoms with van der Waals surface area (Å²) in [6, 6.07) is 0. The molecule has 0 radical (unpaired) electrons. The van der Waals surface area contributed by atoms with Crippen molar-refractivity contribution in [3.8, 4) is 0 Å². The first-order valence-corrected chi connectivity index (χ1v) is 32.6. The van der Waals surface area contributed by atoms with Gasteiger partial charge in [0.1, 0.15) is 13.2 Å². The summed E-state index contributed by atoms with van der Waals surface area (Å²) in [6.07, 6.45) is 99.4. The summed E-state index contributed by atoms with van der Waals surface area (Å²) in [4.78, 5) is 38.3. The van der Waals surface area contributed by atoms with E-state index in [1.54, 1.807) is 0 Å². The SMILES string of the molecule is CC/C=C\C/C=C\C/C=C\C/C=C\C/C=C\C/C=C\C/C=C\C/C=C\CCCCCCCCCCC(=O)OCC(COC(=O)CCCCCCC/C=C\CCCCCC)OC(=O)CCC/C=C\C/C=C\C/C=C\C/C=C\C/C=C\CC. The van der Waals surface area contributed by atoms with Crippen molar-refractivity contribution in [3.63, 3.8) is 0 Å². The first-order chi connectivity index (χ1) is 40.0. The lowest BCUT2D eigenvalue weighted by Gasteiger charge is -2.18. The summed E-state index contributed by atoms with van der Waals surface area (Å²) in [5.74, 6) is -0.994. The average molecular weight is 1120 g/mol. The molecule has 0 heterocycles. The van der Waals surface area contributed by atoms with E-state index in [0.717, 1.165) is 148 Å². The summed E-state index contributed by atoms with van der Waals surface area (Å²) in [5.41, 5.74) is 0. The summed E-state index contributed by atoms with van der Waals surface area (Å²) < 4.78 is 16.8. The molecule has 0 aromatic heterocycles. The summed E-state index contributed by atoms with van der Waals surface area (Å²) in [7, 11) is 0. The van der Waals surface area contributed by atoms with Crippen LogP contribution < -0.4 is 0 Å². The Balaban J connectivity index is 4.37. The van der Waals surface area contributed by atoms with E-state index in [1.165, 1.54) is 70.6 Å². The van der Waals surface area contributed by atoms with Crippen LogP contribution in [-0.2, 0) is 28.6 Å². The van der Waals surface area contributed by atoms with Gasteiger partial charge in [-0.2, -0.15) is 0 Å². The molecule has 0 rings (SSSR count). The van der Waals surface area contributed by atoms with E-state index in [9.17, 15) is 14.4 Å². The van der Waals surface area contributed by atoms with Gasteiger partial charge in [-0.25, -0.2) is 0 Å². The largest absolute Gasteiger partial charge is 0.462 e. The van der Waals surface area contributed by atoms with E-state index < -0.39 is 6.10 Å². The Morgan fingerprint density at radius 1 is 0.259 bits per heavy atom. The molecule has 1 atom stereocenters. The summed E-state index contributed by atoms with van der Waals surface area (Å²) >= 11 is 0. The Hall–Kier alpha value is -5.23. The fourth-order valence-corrected chi connectivity index (χ4v) is 8.37. The third-order valence-electron chi connectivity index (χ3n) is 13.2. The minimum Gasteiger partial charge on any atom is -0.462 e. The standard InChI is InChI=1S/C75H118O6/c1-4-7-10-13-16-19-22-25-27-29-30-31-32-33-34-35-36-37-38-39-40-41-42-43-44-46-47-50-53-56-59-62-65-68-74(77)80-71-72(70-79-73(76)67-64-61-58-55-52-49-24-21-18-15-12-9-6-3)81-75(78)69-66-63-60-57-54-51-48-45-28-26-23-20-17-14-11-8-5-2/h7-8,10-11,16-17,19-21,24-28,30-31,33-34,36-37,39-40,42-43,48,51,57,60,72H,4-6,9,12-15,18,22-23,29,32,35,38,41,44-47,49-50,52-56,58-59,61-71H2,1-3H3/b10-7-,11-8-,19-16-,20-17-,24-21-,27-25-,28-26-,31-30-,34-33-,37-36-,40-39-,43-42-,51-48-,60-57-. The van der Waals surface area contributed by atoms with Crippen molar-refractivity contribution in [2.75, 3.05) is 13.2 Å². The van der Waals surface area contributed by atoms with Crippen molar-refractivity contribution < 1.29 is 28.6 Å². The maximum Gasteiger partial charge on any atom is 0.306 e. The molecule has 6 nitrogen and oxygen atoms in total. The topological polar surface area (TPSA) is 78.9 Å². The molecular weight excluding hydrogens is 997 g/mol. The van der Waals surface area contributed by atoms with E-state index in [4.69, 9.17) is 14.2 Å². The zero-order valence-corrected chi connectivity index (χ0v) is 52.0. The van der Waals surface area contributed by atoms with Crippen LogP contribution in [0.25, 0.3) is 0 Å². The Morgan fingerprint density at radius 3 is 0.802 bits per heavy atom. The number of rotatable bonds is 57. The molecule has 0 amide bonds. The molecule has 0 aliphatic rings. The predicted octanol–water partition coefficient (Wildman–Crippen LogP) is 22.7. The van der Waals surface area contributed by atoms with E-state index in [1.807, 2.05) is 0 Å². The van der Waals surface area contributed by atoms with Crippen LogP contribution in [-0.4, -0.2) is 37.2 Å². The number of carbonyl (C=O) groups is 3. The molecule has 0 bridgehead atoms. The van der Waals surface area contributed by atoms with Crippen LogP contribution in [0.2, 0.25) is 0 Å². The molecule has 0 aromatic rings. The van der Waals surface area contributed by atoms with Gasteiger partial charge in [-0.3, -0.25) is 14.4 Å². The number of esters is 3. The van der Waals surface area contributed by atoms with Gasteiger partial charge in [0.25, 0.3) is 0 Å². The molecule has 1 unspecified atom stereocenters. The molecular formula is C75H118O6.